The van der Waals surface area contributed by atoms with Crippen molar-refractivity contribution in [2.75, 3.05) is 6.54 Å². The van der Waals surface area contributed by atoms with E-state index in [1.807, 2.05) is 30.3 Å². The Hall–Kier alpha value is -5.68. The maximum atomic E-state index is 13.9. The van der Waals surface area contributed by atoms with Crippen molar-refractivity contribution in [2.24, 2.45) is 34.0 Å². The number of alkyl halides is 3. The second-order valence-electron chi connectivity index (χ2n) is 12.5. The van der Waals surface area contributed by atoms with Gasteiger partial charge in [-0.05, 0) is 42.7 Å². The third-order valence-corrected chi connectivity index (χ3v) is 8.38. The first-order valence-electron chi connectivity index (χ1n) is 16.9. The van der Waals surface area contributed by atoms with Crippen LogP contribution < -0.4 is 33.2 Å². The standard InChI is InChI=1S/C33H46N8O5.C2HF3O2/c34-28(35)24-15-13-22(14-16-24)18-25(29(42)39-20-23-10-5-2-6-11-23)30(43)41-27(19-21-8-3-1-4-9-21)31(44)40-26(32(45)46)12-7-17-38-33(36)37;3-2(4,5)1(6)7/h2,5-6,10-11,13-16,21,25-27H,1,3-4,7-9,12,17-20H2,(H3,34,35)(H,39,42)(H,40,44)(H,41,43)(H,45,46)(H4,36,37,38);(H,6,7)/t25?,26-,27-;/m0./s1. The van der Waals surface area contributed by atoms with Crippen molar-refractivity contribution in [3.8, 4) is 0 Å². The Morgan fingerprint density at radius 2 is 1.42 bits per heavy atom. The van der Waals surface area contributed by atoms with Crippen LogP contribution in [0.5, 0.6) is 0 Å². The molecule has 1 saturated carbocycles. The number of carbonyl (C=O) groups is 5. The van der Waals surface area contributed by atoms with Gasteiger partial charge in [0, 0.05) is 18.7 Å². The molecule has 290 valence electrons. The van der Waals surface area contributed by atoms with Crippen molar-refractivity contribution in [3.63, 3.8) is 0 Å². The third kappa shape index (κ3) is 16.5. The summed E-state index contributed by atoms with van der Waals surface area (Å²) in [5.41, 5.74) is 18.3. The molecule has 2 aromatic carbocycles. The number of nitrogens with one attached hydrogen (secondary N) is 4. The number of nitrogens with zero attached hydrogens (tertiary/aromatic N) is 1. The highest BCUT2D eigenvalue weighted by molar-refractivity contribution is 6.02. The first-order valence-corrected chi connectivity index (χ1v) is 16.9. The largest absolute Gasteiger partial charge is 0.490 e. The van der Waals surface area contributed by atoms with E-state index in [-0.39, 0.29) is 43.6 Å². The number of benzene rings is 2. The highest BCUT2D eigenvalue weighted by Crippen LogP contribution is 2.28. The Balaban J connectivity index is 0.00000126. The topological polar surface area (TPSA) is 276 Å². The Labute approximate surface area is 304 Å². The Morgan fingerprint density at radius 3 is 1.94 bits per heavy atom. The van der Waals surface area contributed by atoms with Gasteiger partial charge in [0.15, 0.2) is 5.96 Å². The number of amidine groups is 1. The number of aliphatic carboxylic acids is 2. The summed E-state index contributed by atoms with van der Waals surface area (Å²) < 4.78 is 31.7. The average molecular weight is 749 g/mol. The molecule has 1 aliphatic rings. The molecular weight excluding hydrogens is 701 g/mol. The Bertz CT molecular complexity index is 1560. The van der Waals surface area contributed by atoms with Gasteiger partial charge in [0.05, 0.1) is 0 Å². The zero-order chi connectivity index (χ0) is 39.6. The van der Waals surface area contributed by atoms with Crippen LogP contribution in [0.15, 0.2) is 59.6 Å². The van der Waals surface area contributed by atoms with Gasteiger partial charge in [-0.3, -0.25) is 24.8 Å². The van der Waals surface area contributed by atoms with Crippen molar-refractivity contribution in [1.29, 1.82) is 5.41 Å². The quantitative estimate of drug-likeness (QED) is 0.0492. The summed E-state index contributed by atoms with van der Waals surface area (Å²) in [6.45, 7) is 0.413. The Kier molecular flexibility index (Phi) is 17.7. The molecule has 0 aliphatic heterocycles. The number of aliphatic imine (C=N–C) groups is 1. The second-order valence-corrected chi connectivity index (χ2v) is 12.5. The van der Waals surface area contributed by atoms with E-state index in [2.05, 4.69) is 20.9 Å². The summed E-state index contributed by atoms with van der Waals surface area (Å²) in [5, 5.41) is 32.8. The number of nitrogens with two attached hydrogens (primary N) is 3. The zero-order valence-corrected chi connectivity index (χ0v) is 29.0. The fourth-order valence-corrected chi connectivity index (χ4v) is 5.56. The van der Waals surface area contributed by atoms with Crippen molar-refractivity contribution in [1.82, 2.24) is 16.0 Å². The van der Waals surface area contributed by atoms with Crippen molar-refractivity contribution < 1.29 is 47.4 Å². The summed E-state index contributed by atoms with van der Waals surface area (Å²) in [6, 6.07) is 13.7. The molecule has 15 nitrogen and oxygen atoms in total. The Morgan fingerprint density at radius 1 is 0.830 bits per heavy atom. The molecule has 0 aromatic heterocycles. The molecule has 12 N–H and O–H groups in total. The van der Waals surface area contributed by atoms with Crippen LogP contribution in [0.1, 0.15) is 68.1 Å². The van der Waals surface area contributed by atoms with Gasteiger partial charge in [0.25, 0.3) is 0 Å². The smallest absolute Gasteiger partial charge is 0.480 e. The SMILES string of the molecule is N=C(N)c1ccc(CC(C(=O)NCc2ccccc2)C(=O)N[C@@H](CC2CCCCC2)C(=O)N[C@@H](CCCN=C(N)N)C(=O)O)cc1.O=C(O)C(F)(F)F. The highest BCUT2D eigenvalue weighted by atomic mass is 19.4. The highest BCUT2D eigenvalue weighted by Gasteiger charge is 2.38. The molecule has 0 saturated heterocycles. The second kappa shape index (κ2) is 21.6. The molecular formula is C35H47F3N8O7. The predicted octanol–water partition coefficient (Wildman–Crippen LogP) is 2.16. The molecule has 1 fully saturated rings. The number of carboxylic acid groups (broad SMARTS) is 2. The average Bonchev–Trinajstić information content (AvgIpc) is 3.11. The fraction of sp³-hybridized carbons (Fsp3) is 0.457. The number of amides is 3. The lowest BCUT2D eigenvalue weighted by Gasteiger charge is -2.28. The molecule has 0 heterocycles. The van der Waals surface area contributed by atoms with Gasteiger partial charge in [-0.25, -0.2) is 9.59 Å². The first kappa shape index (κ1) is 43.5. The minimum Gasteiger partial charge on any atom is -0.480 e. The van der Waals surface area contributed by atoms with Crippen molar-refractivity contribution in [2.45, 2.75) is 82.6 Å². The van der Waals surface area contributed by atoms with E-state index in [9.17, 15) is 37.5 Å². The summed E-state index contributed by atoms with van der Waals surface area (Å²) >= 11 is 0. The van der Waals surface area contributed by atoms with Crippen molar-refractivity contribution >= 4 is 41.5 Å². The maximum Gasteiger partial charge on any atom is 0.490 e. The van der Waals surface area contributed by atoms with E-state index in [0.29, 0.717) is 24.0 Å². The predicted molar refractivity (Wildman–Crippen MR) is 189 cm³/mol. The molecule has 2 aromatic rings. The normalized spacial score (nSPS) is 14.5. The van der Waals surface area contributed by atoms with Gasteiger partial charge >= 0.3 is 18.1 Å². The number of halogens is 3. The maximum absolute atomic E-state index is 13.9. The van der Waals surface area contributed by atoms with E-state index in [4.69, 9.17) is 32.5 Å². The summed E-state index contributed by atoms with van der Waals surface area (Å²) in [7, 11) is 0. The molecule has 1 aliphatic carbocycles. The number of rotatable bonds is 17. The third-order valence-electron chi connectivity index (χ3n) is 8.38. The zero-order valence-electron chi connectivity index (χ0n) is 29.0. The summed E-state index contributed by atoms with van der Waals surface area (Å²) in [5.74, 6) is -6.99. The van der Waals surface area contributed by atoms with Gasteiger partial charge < -0.3 is 43.4 Å². The van der Waals surface area contributed by atoms with Crippen LogP contribution in [0.3, 0.4) is 0 Å². The number of hydrogen-bond acceptors (Lipinski definition) is 7. The van der Waals surface area contributed by atoms with Gasteiger partial charge in [0.1, 0.15) is 23.8 Å². The minimum absolute atomic E-state index is 0.0327. The van der Waals surface area contributed by atoms with Crippen LogP contribution in [0.4, 0.5) is 13.2 Å². The van der Waals surface area contributed by atoms with Gasteiger partial charge in [-0.2, -0.15) is 13.2 Å². The summed E-state index contributed by atoms with van der Waals surface area (Å²) in [6.07, 6.45) is 0.585. The van der Waals surface area contributed by atoms with Crippen LogP contribution >= 0.6 is 0 Å². The van der Waals surface area contributed by atoms with Crippen LogP contribution in [0.25, 0.3) is 0 Å². The number of nitrogen functional groups attached to an aromatic ring is 1. The number of carboxylic acids is 2. The lowest BCUT2D eigenvalue weighted by molar-refractivity contribution is -0.192. The molecule has 53 heavy (non-hydrogen) atoms. The number of carbonyl (C=O) groups excluding carboxylic acids is 3. The molecule has 3 atom stereocenters. The van der Waals surface area contributed by atoms with Gasteiger partial charge in [-0.15, -0.1) is 0 Å². The molecule has 3 amide bonds. The summed E-state index contributed by atoms with van der Waals surface area (Å²) in [4.78, 5) is 65.7. The van der Waals surface area contributed by atoms with Crippen molar-refractivity contribution in [3.05, 3.63) is 71.3 Å². The van der Waals surface area contributed by atoms with E-state index in [0.717, 1.165) is 37.7 Å². The number of hydrogen-bond donors (Lipinski definition) is 9. The van der Waals surface area contributed by atoms with E-state index < -0.39 is 53.8 Å². The lowest BCUT2D eigenvalue weighted by atomic mass is 9.84. The van der Waals surface area contributed by atoms with E-state index >= 15 is 0 Å². The van der Waals surface area contributed by atoms with E-state index in [1.54, 1.807) is 24.3 Å². The molecule has 0 bridgehead atoms. The van der Waals surface area contributed by atoms with Crippen LogP contribution in [0, 0.1) is 17.2 Å². The van der Waals surface area contributed by atoms with Gasteiger partial charge in [0.2, 0.25) is 17.7 Å². The minimum atomic E-state index is -5.08. The van der Waals surface area contributed by atoms with E-state index in [1.165, 1.54) is 0 Å². The van der Waals surface area contributed by atoms with Crippen LogP contribution in [-0.4, -0.2) is 76.5 Å². The number of guanidine groups is 1. The molecule has 3 rings (SSSR count). The fourth-order valence-electron chi connectivity index (χ4n) is 5.56. The molecule has 0 radical (unpaired) electrons. The van der Waals surface area contributed by atoms with Gasteiger partial charge in [-0.1, -0.05) is 86.7 Å². The first-order chi connectivity index (χ1) is 25.0. The molecule has 0 spiro atoms. The molecule has 1 unspecified atom stereocenters. The molecule has 18 heteroatoms. The van der Waals surface area contributed by atoms with Crippen LogP contribution in [-0.2, 0) is 36.9 Å². The lowest BCUT2D eigenvalue weighted by Crippen LogP contribution is -2.54. The monoisotopic (exact) mass is 748 g/mol. The van der Waals surface area contributed by atoms with Crippen LogP contribution in [0.2, 0.25) is 0 Å².